The Morgan fingerprint density at radius 3 is 1.69 bits per heavy atom. The molecule has 0 atom stereocenters. The molecule has 3 saturated heterocycles. The van der Waals surface area contributed by atoms with Gasteiger partial charge in [-0.25, -0.2) is 0 Å². The molecule has 2 bridgehead atoms. The van der Waals surface area contributed by atoms with E-state index >= 15 is 0 Å². The van der Waals surface area contributed by atoms with Gasteiger partial charge in [-0.2, -0.15) is 0 Å². The van der Waals surface area contributed by atoms with Crippen molar-refractivity contribution in [3.63, 3.8) is 0 Å². The van der Waals surface area contributed by atoms with Gasteiger partial charge in [0.05, 0.1) is 32.1 Å². The van der Waals surface area contributed by atoms with E-state index in [1.165, 1.54) is 0 Å². The van der Waals surface area contributed by atoms with E-state index in [2.05, 4.69) is 4.90 Å². The molecule has 5 rings (SSSR count). The molecule has 3 aliphatic heterocycles. The Morgan fingerprint density at radius 2 is 1.22 bits per heavy atom. The first-order chi connectivity index (χ1) is 17.5. The number of fused-ring (bicyclic) bond motifs is 3. The molecule has 3 heterocycles. The first-order valence-electron chi connectivity index (χ1n) is 12.8. The van der Waals surface area contributed by atoms with Crippen molar-refractivity contribution in [1.29, 1.82) is 0 Å². The molecule has 7 heteroatoms. The Labute approximate surface area is 214 Å². The number of benzene rings is 2. The molecule has 0 radical (unpaired) electrons. The predicted molar refractivity (Wildman–Crippen MR) is 140 cm³/mol. The van der Waals surface area contributed by atoms with Crippen LogP contribution in [-0.4, -0.2) is 56.5 Å². The lowest BCUT2D eigenvalue weighted by molar-refractivity contribution is -0.125. The van der Waals surface area contributed by atoms with Crippen LogP contribution in [0.3, 0.4) is 0 Å². The summed E-state index contributed by atoms with van der Waals surface area (Å²) in [6.45, 7) is 12.0. The van der Waals surface area contributed by atoms with Gasteiger partial charge in [-0.1, -0.05) is 6.07 Å². The second-order valence-corrected chi connectivity index (χ2v) is 8.42. The molecule has 0 unspecified atom stereocenters. The Hall–Kier alpha value is -3.48. The van der Waals surface area contributed by atoms with Crippen LogP contribution in [0.4, 0.5) is 0 Å². The fourth-order valence-electron chi connectivity index (χ4n) is 4.37. The maximum absolute atomic E-state index is 12.4. The number of piperidine rings is 3. The summed E-state index contributed by atoms with van der Waals surface area (Å²) in [7, 11) is 0. The van der Waals surface area contributed by atoms with E-state index < -0.39 is 0 Å². The van der Waals surface area contributed by atoms with E-state index in [0.29, 0.717) is 49.3 Å². The van der Waals surface area contributed by atoms with Crippen molar-refractivity contribution >= 4 is 18.1 Å². The first kappa shape index (κ1) is 27.1. The third kappa shape index (κ3) is 6.80. The maximum Gasteiger partial charge on any atom is 0.182 e. The minimum Gasteiger partial charge on any atom is -0.490 e. The monoisotopic (exact) mass is 495 g/mol. The van der Waals surface area contributed by atoms with Crippen LogP contribution in [-0.2, 0) is 4.79 Å². The molecule has 0 amide bonds. The van der Waals surface area contributed by atoms with E-state index in [9.17, 15) is 9.59 Å². The lowest BCUT2D eigenvalue weighted by Gasteiger charge is -2.41. The van der Waals surface area contributed by atoms with Gasteiger partial charge in [-0.05, 0) is 82.5 Å². The minimum absolute atomic E-state index is 0.227. The number of nitrogens with zero attached hydrogens (tertiary/aromatic N) is 1. The highest BCUT2D eigenvalue weighted by Crippen LogP contribution is 2.34. The van der Waals surface area contributed by atoms with Gasteiger partial charge in [-0.15, -0.1) is 0 Å². The van der Waals surface area contributed by atoms with Crippen LogP contribution >= 0.6 is 0 Å². The van der Waals surface area contributed by atoms with Gasteiger partial charge in [0.25, 0.3) is 0 Å². The molecule has 0 spiro atoms. The lowest BCUT2D eigenvalue weighted by Crippen LogP contribution is -2.45. The van der Waals surface area contributed by atoms with Crippen LogP contribution in [0.15, 0.2) is 42.1 Å². The zero-order valence-electron chi connectivity index (χ0n) is 21.7. The number of hydrogen-bond donors (Lipinski definition) is 0. The fourth-order valence-corrected chi connectivity index (χ4v) is 4.37. The van der Waals surface area contributed by atoms with Crippen molar-refractivity contribution in [2.75, 3.05) is 39.5 Å². The van der Waals surface area contributed by atoms with Gasteiger partial charge < -0.3 is 23.8 Å². The number of aldehydes is 1. The second kappa shape index (κ2) is 13.6. The third-order valence-electron chi connectivity index (χ3n) is 6.03. The Morgan fingerprint density at radius 1 is 0.750 bits per heavy atom. The molecular weight excluding hydrogens is 458 g/mol. The molecule has 7 nitrogen and oxygen atoms in total. The summed E-state index contributed by atoms with van der Waals surface area (Å²) < 4.78 is 21.9. The fraction of sp³-hybridized carbons (Fsp3) is 0.448. The highest BCUT2D eigenvalue weighted by atomic mass is 16.5. The molecular formula is C29H37NO6. The van der Waals surface area contributed by atoms with Crippen LogP contribution in [0.1, 0.15) is 56.5 Å². The normalized spacial score (nSPS) is 15.8. The summed E-state index contributed by atoms with van der Waals surface area (Å²) in [5.41, 5.74) is 2.44. The molecule has 0 saturated carbocycles. The topological polar surface area (TPSA) is 74.3 Å². The third-order valence-corrected chi connectivity index (χ3v) is 6.03. The van der Waals surface area contributed by atoms with Gasteiger partial charge in [0.2, 0.25) is 0 Å². The van der Waals surface area contributed by atoms with Gasteiger partial charge >= 0.3 is 0 Å². The highest BCUT2D eigenvalue weighted by molar-refractivity contribution is 6.02. The Bertz CT molecular complexity index is 1060. The van der Waals surface area contributed by atoms with E-state index in [1.807, 2.05) is 52.0 Å². The number of rotatable bonds is 10. The van der Waals surface area contributed by atoms with Gasteiger partial charge in [-0.3, -0.25) is 9.59 Å². The summed E-state index contributed by atoms with van der Waals surface area (Å²) >= 11 is 0. The molecule has 3 fully saturated rings. The van der Waals surface area contributed by atoms with Crippen molar-refractivity contribution in [1.82, 2.24) is 4.90 Å². The van der Waals surface area contributed by atoms with Crippen molar-refractivity contribution in [3.8, 4) is 23.0 Å². The van der Waals surface area contributed by atoms with Crippen LogP contribution in [0.5, 0.6) is 23.0 Å². The summed E-state index contributed by atoms with van der Waals surface area (Å²) in [6, 6.07) is 11.0. The van der Waals surface area contributed by atoms with Crippen LogP contribution in [0, 0.1) is 5.92 Å². The van der Waals surface area contributed by atoms with Gasteiger partial charge in [0.15, 0.2) is 28.8 Å². The summed E-state index contributed by atoms with van der Waals surface area (Å²) in [4.78, 5) is 25.1. The van der Waals surface area contributed by atoms with Crippen LogP contribution in [0.25, 0.3) is 6.08 Å². The smallest absolute Gasteiger partial charge is 0.182 e. The van der Waals surface area contributed by atoms with Crippen molar-refractivity contribution in [3.05, 3.63) is 53.2 Å². The first-order valence-corrected chi connectivity index (χ1v) is 12.8. The lowest BCUT2D eigenvalue weighted by atomic mass is 9.84. The Balaban J connectivity index is 0.000000223. The van der Waals surface area contributed by atoms with Crippen LogP contribution < -0.4 is 18.9 Å². The number of Topliss-reactive ketones (excluding diaryl/α,β-unsaturated/α-hetero) is 1. The SMILES string of the molecule is CCOc1ccc(/C=C2/C(=O)C3CCN2CC3)cc1OCC.CCOc1ccc(C=O)cc1OCC. The molecule has 194 valence electrons. The zero-order valence-corrected chi connectivity index (χ0v) is 21.7. The van der Waals surface area contributed by atoms with E-state index in [0.717, 1.165) is 55.0 Å². The zero-order chi connectivity index (χ0) is 25.9. The van der Waals surface area contributed by atoms with E-state index in [1.54, 1.807) is 18.2 Å². The number of ether oxygens (including phenoxy) is 4. The largest absolute Gasteiger partial charge is 0.490 e. The van der Waals surface area contributed by atoms with Gasteiger partial charge in [0, 0.05) is 24.6 Å². The summed E-state index contributed by atoms with van der Waals surface area (Å²) in [6.07, 6.45) is 4.79. The van der Waals surface area contributed by atoms with Crippen molar-refractivity contribution in [2.45, 2.75) is 40.5 Å². The molecule has 3 aliphatic rings. The molecule has 0 aliphatic carbocycles. The predicted octanol–water partition coefficient (Wildman–Crippen LogP) is 5.42. The van der Waals surface area contributed by atoms with E-state index in [4.69, 9.17) is 18.9 Å². The minimum atomic E-state index is 0.227. The quantitative estimate of drug-likeness (QED) is 0.322. The summed E-state index contributed by atoms with van der Waals surface area (Å²) in [5, 5.41) is 0. The second-order valence-electron chi connectivity index (χ2n) is 8.42. The number of ketones is 1. The van der Waals surface area contributed by atoms with Crippen LogP contribution in [0.2, 0.25) is 0 Å². The average Bonchev–Trinajstić information content (AvgIpc) is 2.90. The van der Waals surface area contributed by atoms with Gasteiger partial charge in [0.1, 0.15) is 6.29 Å². The molecule has 0 aromatic heterocycles. The highest BCUT2D eigenvalue weighted by Gasteiger charge is 2.36. The molecule has 0 N–H and O–H groups in total. The van der Waals surface area contributed by atoms with E-state index in [-0.39, 0.29) is 5.92 Å². The number of allylic oxidation sites excluding steroid dienone is 1. The Kier molecular flexibility index (Phi) is 10.2. The number of hydrogen-bond acceptors (Lipinski definition) is 7. The molecule has 36 heavy (non-hydrogen) atoms. The number of carbonyl (C=O) groups is 2. The maximum atomic E-state index is 12.4. The average molecular weight is 496 g/mol. The number of carbonyl (C=O) groups excluding carboxylic acids is 2. The van der Waals surface area contributed by atoms with Crippen molar-refractivity contribution < 1.29 is 28.5 Å². The summed E-state index contributed by atoms with van der Waals surface area (Å²) in [5.74, 6) is 3.32. The molecule has 2 aromatic rings. The van der Waals surface area contributed by atoms with Crippen molar-refractivity contribution in [2.24, 2.45) is 5.92 Å². The standard InChI is InChI=1S/C18H23NO3.C11H14O3/c1-3-21-16-6-5-13(12-17(16)22-4-2)11-15-18(20)14-7-9-19(15)10-8-14;1-3-13-10-6-5-9(8-12)7-11(10)14-4-2/h5-6,11-12,14H,3-4,7-10H2,1-2H3;5-8H,3-4H2,1-2H3/b15-11-;. The molecule has 2 aromatic carbocycles.